The van der Waals surface area contributed by atoms with Gasteiger partial charge in [-0.1, -0.05) is 13.0 Å². The number of ether oxygens (including phenoxy) is 1. The third-order valence-corrected chi connectivity index (χ3v) is 2.51. The molecule has 1 aromatic rings. The van der Waals surface area contributed by atoms with Gasteiger partial charge < -0.3 is 14.6 Å². The number of aromatic nitrogens is 1. The standard InChI is InChI=1S/C14H24N2O/c1-3-5-10-17-11-7-15-12-14-6-9-16(13-14)8-4-2/h3,6,9,13,15H,1,4-5,7-8,10-12H2,2H3. The van der Waals surface area contributed by atoms with E-state index in [1.807, 2.05) is 6.08 Å². The Morgan fingerprint density at radius 2 is 2.35 bits per heavy atom. The van der Waals surface area contributed by atoms with Crippen LogP contribution in [0.15, 0.2) is 31.1 Å². The predicted molar refractivity (Wildman–Crippen MR) is 72.1 cm³/mol. The van der Waals surface area contributed by atoms with Crippen LogP contribution in [-0.4, -0.2) is 24.3 Å². The van der Waals surface area contributed by atoms with E-state index in [0.717, 1.165) is 39.3 Å². The second-order valence-electron chi connectivity index (χ2n) is 4.12. The molecule has 0 amide bonds. The SMILES string of the molecule is C=CCCOCCNCc1ccn(CCC)c1. The summed E-state index contributed by atoms with van der Waals surface area (Å²) in [6, 6.07) is 2.17. The molecule has 1 N–H and O–H groups in total. The van der Waals surface area contributed by atoms with Gasteiger partial charge >= 0.3 is 0 Å². The van der Waals surface area contributed by atoms with E-state index >= 15 is 0 Å². The first kappa shape index (κ1) is 14.0. The molecule has 0 unspecified atom stereocenters. The Balaban J connectivity index is 2.03. The van der Waals surface area contributed by atoms with Gasteiger partial charge in [-0.15, -0.1) is 6.58 Å². The molecule has 0 saturated heterocycles. The molecule has 3 nitrogen and oxygen atoms in total. The summed E-state index contributed by atoms with van der Waals surface area (Å²) in [6.45, 7) is 10.3. The number of nitrogens with one attached hydrogen (secondary N) is 1. The summed E-state index contributed by atoms with van der Waals surface area (Å²) < 4.78 is 7.65. The van der Waals surface area contributed by atoms with Gasteiger partial charge in [-0.05, 0) is 24.5 Å². The fourth-order valence-corrected chi connectivity index (χ4v) is 1.64. The Kier molecular flexibility index (Phi) is 7.43. The largest absolute Gasteiger partial charge is 0.380 e. The van der Waals surface area contributed by atoms with Crippen molar-refractivity contribution in [1.29, 1.82) is 0 Å². The predicted octanol–water partition coefficient (Wildman–Crippen LogP) is 2.58. The van der Waals surface area contributed by atoms with Gasteiger partial charge in [-0.25, -0.2) is 0 Å². The van der Waals surface area contributed by atoms with E-state index in [1.165, 1.54) is 12.0 Å². The summed E-state index contributed by atoms with van der Waals surface area (Å²) in [4.78, 5) is 0. The molecule has 0 bridgehead atoms. The van der Waals surface area contributed by atoms with Crippen LogP contribution in [0.2, 0.25) is 0 Å². The molecule has 0 aliphatic rings. The summed E-state index contributed by atoms with van der Waals surface area (Å²) in [6.07, 6.45) is 8.33. The minimum atomic E-state index is 0.767. The van der Waals surface area contributed by atoms with Crippen molar-refractivity contribution in [2.75, 3.05) is 19.8 Å². The van der Waals surface area contributed by atoms with Gasteiger partial charge in [0.2, 0.25) is 0 Å². The van der Waals surface area contributed by atoms with Gasteiger partial charge in [0, 0.05) is 32.0 Å². The molecular formula is C14H24N2O. The Bertz CT molecular complexity index is 307. The van der Waals surface area contributed by atoms with Crippen LogP contribution >= 0.6 is 0 Å². The topological polar surface area (TPSA) is 26.2 Å². The summed E-state index contributed by atoms with van der Waals surface area (Å²) in [7, 11) is 0. The highest BCUT2D eigenvalue weighted by Gasteiger charge is 1.95. The maximum atomic E-state index is 5.42. The highest BCUT2D eigenvalue weighted by molar-refractivity contribution is 5.09. The lowest BCUT2D eigenvalue weighted by atomic mass is 10.3. The first-order valence-corrected chi connectivity index (χ1v) is 6.40. The van der Waals surface area contributed by atoms with Crippen molar-refractivity contribution in [3.63, 3.8) is 0 Å². The van der Waals surface area contributed by atoms with Crippen LogP contribution in [-0.2, 0) is 17.8 Å². The third kappa shape index (κ3) is 6.29. The number of nitrogens with zero attached hydrogens (tertiary/aromatic N) is 1. The van der Waals surface area contributed by atoms with E-state index in [4.69, 9.17) is 4.74 Å². The van der Waals surface area contributed by atoms with Crippen molar-refractivity contribution >= 4 is 0 Å². The average molecular weight is 236 g/mol. The first-order valence-electron chi connectivity index (χ1n) is 6.40. The minimum absolute atomic E-state index is 0.767. The Hall–Kier alpha value is -1.06. The molecule has 0 spiro atoms. The number of aryl methyl sites for hydroxylation is 1. The molecule has 1 heterocycles. The molecule has 0 radical (unpaired) electrons. The van der Waals surface area contributed by atoms with Gasteiger partial charge in [-0.3, -0.25) is 0 Å². The van der Waals surface area contributed by atoms with Crippen LogP contribution in [0, 0.1) is 0 Å². The number of hydrogen-bond donors (Lipinski definition) is 1. The second kappa shape index (κ2) is 9.02. The van der Waals surface area contributed by atoms with Crippen LogP contribution in [0.5, 0.6) is 0 Å². The molecule has 3 heteroatoms. The molecule has 0 saturated carbocycles. The fourth-order valence-electron chi connectivity index (χ4n) is 1.64. The van der Waals surface area contributed by atoms with E-state index in [-0.39, 0.29) is 0 Å². The lowest BCUT2D eigenvalue weighted by Gasteiger charge is -2.04. The second-order valence-corrected chi connectivity index (χ2v) is 4.12. The first-order chi connectivity index (χ1) is 8.36. The molecule has 0 fully saturated rings. The summed E-state index contributed by atoms with van der Waals surface area (Å²) in [5, 5.41) is 3.37. The van der Waals surface area contributed by atoms with Gasteiger partial charge in [-0.2, -0.15) is 0 Å². The lowest BCUT2D eigenvalue weighted by molar-refractivity contribution is 0.140. The third-order valence-electron chi connectivity index (χ3n) is 2.51. The molecule has 96 valence electrons. The molecule has 0 aliphatic heterocycles. The summed E-state index contributed by atoms with van der Waals surface area (Å²) in [5.41, 5.74) is 1.34. The van der Waals surface area contributed by atoms with E-state index in [1.54, 1.807) is 0 Å². The van der Waals surface area contributed by atoms with Crippen molar-refractivity contribution in [3.8, 4) is 0 Å². The molecule has 0 atom stereocenters. The van der Waals surface area contributed by atoms with Crippen molar-refractivity contribution in [2.24, 2.45) is 0 Å². The quantitative estimate of drug-likeness (QED) is 0.499. The number of rotatable bonds is 10. The Labute approximate surface area is 104 Å². The fraction of sp³-hybridized carbons (Fsp3) is 0.571. The van der Waals surface area contributed by atoms with Crippen LogP contribution in [0.4, 0.5) is 0 Å². The van der Waals surface area contributed by atoms with Crippen LogP contribution in [0.3, 0.4) is 0 Å². The molecule has 1 rings (SSSR count). The summed E-state index contributed by atoms with van der Waals surface area (Å²) in [5.74, 6) is 0. The van der Waals surface area contributed by atoms with Crippen molar-refractivity contribution in [2.45, 2.75) is 32.9 Å². The van der Waals surface area contributed by atoms with Crippen LogP contribution in [0.25, 0.3) is 0 Å². The van der Waals surface area contributed by atoms with E-state index in [0.29, 0.717) is 0 Å². The zero-order valence-corrected chi connectivity index (χ0v) is 10.8. The van der Waals surface area contributed by atoms with E-state index in [9.17, 15) is 0 Å². The summed E-state index contributed by atoms with van der Waals surface area (Å²) >= 11 is 0. The van der Waals surface area contributed by atoms with Gasteiger partial charge in [0.1, 0.15) is 0 Å². The molecule has 0 aromatic carbocycles. The molecule has 1 aromatic heterocycles. The zero-order valence-electron chi connectivity index (χ0n) is 10.8. The van der Waals surface area contributed by atoms with Crippen LogP contribution in [0.1, 0.15) is 25.3 Å². The molecular weight excluding hydrogens is 212 g/mol. The lowest BCUT2D eigenvalue weighted by Crippen LogP contribution is -2.19. The molecule has 17 heavy (non-hydrogen) atoms. The Morgan fingerprint density at radius 3 is 3.12 bits per heavy atom. The van der Waals surface area contributed by atoms with E-state index in [2.05, 4.69) is 41.8 Å². The number of hydrogen-bond acceptors (Lipinski definition) is 2. The smallest absolute Gasteiger partial charge is 0.0591 e. The van der Waals surface area contributed by atoms with Crippen molar-refractivity contribution in [3.05, 3.63) is 36.7 Å². The van der Waals surface area contributed by atoms with Gasteiger partial charge in [0.15, 0.2) is 0 Å². The molecule has 0 aliphatic carbocycles. The average Bonchev–Trinajstić information content (AvgIpc) is 2.76. The monoisotopic (exact) mass is 236 g/mol. The van der Waals surface area contributed by atoms with Crippen molar-refractivity contribution in [1.82, 2.24) is 9.88 Å². The highest BCUT2D eigenvalue weighted by atomic mass is 16.5. The van der Waals surface area contributed by atoms with Gasteiger partial charge in [0.25, 0.3) is 0 Å². The highest BCUT2D eigenvalue weighted by Crippen LogP contribution is 2.01. The van der Waals surface area contributed by atoms with E-state index < -0.39 is 0 Å². The Morgan fingerprint density at radius 1 is 1.47 bits per heavy atom. The maximum Gasteiger partial charge on any atom is 0.0591 e. The minimum Gasteiger partial charge on any atom is -0.380 e. The maximum absolute atomic E-state index is 5.42. The normalized spacial score (nSPS) is 10.6. The van der Waals surface area contributed by atoms with Crippen molar-refractivity contribution < 1.29 is 4.74 Å². The zero-order chi connectivity index (χ0) is 12.3. The van der Waals surface area contributed by atoms with Gasteiger partial charge in [0.05, 0.1) is 13.2 Å². The van der Waals surface area contributed by atoms with Crippen LogP contribution < -0.4 is 5.32 Å².